The van der Waals surface area contributed by atoms with E-state index in [1.54, 1.807) is 5.38 Å². The van der Waals surface area contributed by atoms with Crippen LogP contribution >= 0.6 is 11.3 Å². The largest absolute Gasteiger partial charge is 0.345 e. The van der Waals surface area contributed by atoms with Crippen LogP contribution in [0.25, 0.3) is 0 Å². The maximum Gasteiger partial charge on any atom is 0.263 e. The van der Waals surface area contributed by atoms with Gasteiger partial charge in [-0.25, -0.2) is 8.42 Å². The minimum absolute atomic E-state index is 0.0863. The number of carbonyl (C=O) groups excluding carboxylic acids is 1. The lowest BCUT2D eigenvalue weighted by atomic mass is 10.00. The number of benzene rings is 1. The summed E-state index contributed by atoms with van der Waals surface area (Å²) < 4.78 is 23.4. The van der Waals surface area contributed by atoms with Crippen molar-refractivity contribution in [2.24, 2.45) is 0 Å². The molecule has 0 aliphatic heterocycles. The lowest BCUT2D eigenvalue weighted by Gasteiger charge is -2.17. The SMILES string of the molecule is Cc1ccc(C)c(C(C)NC(=O)c2sccc2S(C)(=O)=O)c1. The van der Waals surface area contributed by atoms with E-state index in [-0.39, 0.29) is 21.7 Å². The van der Waals surface area contributed by atoms with E-state index in [1.165, 1.54) is 6.07 Å². The van der Waals surface area contributed by atoms with Crippen LogP contribution in [0.15, 0.2) is 34.5 Å². The van der Waals surface area contributed by atoms with E-state index in [1.807, 2.05) is 39.0 Å². The summed E-state index contributed by atoms with van der Waals surface area (Å²) in [6.07, 6.45) is 1.11. The van der Waals surface area contributed by atoms with E-state index in [0.717, 1.165) is 34.3 Å². The van der Waals surface area contributed by atoms with Crippen LogP contribution in [0, 0.1) is 13.8 Å². The molecule has 2 rings (SSSR count). The molecule has 1 N–H and O–H groups in total. The van der Waals surface area contributed by atoms with Crippen molar-refractivity contribution in [3.05, 3.63) is 51.2 Å². The highest BCUT2D eigenvalue weighted by Gasteiger charge is 2.22. The minimum Gasteiger partial charge on any atom is -0.345 e. The lowest BCUT2D eigenvalue weighted by Crippen LogP contribution is -2.27. The zero-order chi connectivity index (χ0) is 16.5. The second-order valence-corrected chi connectivity index (χ2v) is 8.34. The molecule has 0 aliphatic carbocycles. The van der Waals surface area contributed by atoms with Crippen LogP contribution in [-0.4, -0.2) is 20.6 Å². The minimum atomic E-state index is -3.40. The number of carbonyl (C=O) groups is 1. The number of hydrogen-bond donors (Lipinski definition) is 1. The highest BCUT2D eigenvalue weighted by Crippen LogP contribution is 2.24. The molecule has 0 saturated carbocycles. The van der Waals surface area contributed by atoms with Crippen molar-refractivity contribution in [2.75, 3.05) is 6.26 Å². The number of rotatable bonds is 4. The Kier molecular flexibility index (Phi) is 4.72. The zero-order valence-electron chi connectivity index (χ0n) is 13.0. The first-order chi connectivity index (χ1) is 10.2. The molecule has 1 aromatic heterocycles. The highest BCUT2D eigenvalue weighted by atomic mass is 32.2. The van der Waals surface area contributed by atoms with Crippen LogP contribution in [0.5, 0.6) is 0 Å². The third kappa shape index (κ3) is 3.56. The molecule has 0 radical (unpaired) electrons. The Labute approximate surface area is 135 Å². The third-order valence-electron chi connectivity index (χ3n) is 3.48. The molecular weight excluding hydrogens is 318 g/mol. The normalized spacial score (nSPS) is 12.9. The van der Waals surface area contributed by atoms with Crippen molar-refractivity contribution in [3.8, 4) is 0 Å². The summed E-state index contributed by atoms with van der Waals surface area (Å²) in [6, 6.07) is 7.35. The van der Waals surface area contributed by atoms with Gasteiger partial charge in [-0.15, -0.1) is 11.3 Å². The van der Waals surface area contributed by atoms with Gasteiger partial charge in [0, 0.05) is 6.26 Å². The Morgan fingerprint density at radius 1 is 1.23 bits per heavy atom. The predicted octanol–water partition coefficient (Wildman–Crippen LogP) is 3.26. The summed E-state index contributed by atoms with van der Waals surface area (Å²) in [4.78, 5) is 12.7. The van der Waals surface area contributed by atoms with Gasteiger partial charge in [0.2, 0.25) is 0 Å². The van der Waals surface area contributed by atoms with Crippen molar-refractivity contribution in [3.63, 3.8) is 0 Å². The molecule has 4 nitrogen and oxygen atoms in total. The summed E-state index contributed by atoms with van der Waals surface area (Å²) in [5.41, 5.74) is 3.24. The molecule has 0 saturated heterocycles. The van der Waals surface area contributed by atoms with Gasteiger partial charge < -0.3 is 5.32 Å². The Morgan fingerprint density at radius 3 is 2.55 bits per heavy atom. The first kappa shape index (κ1) is 16.7. The smallest absolute Gasteiger partial charge is 0.263 e. The highest BCUT2D eigenvalue weighted by molar-refractivity contribution is 7.91. The number of thiophene rings is 1. The molecule has 6 heteroatoms. The fourth-order valence-electron chi connectivity index (χ4n) is 2.32. The van der Waals surface area contributed by atoms with E-state index in [0.29, 0.717) is 0 Å². The summed E-state index contributed by atoms with van der Waals surface area (Å²) >= 11 is 1.14. The third-order valence-corrected chi connectivity index (χ3v) is 5.67. The maximum atomic E-state index is 12.4. The molecule has 1 heterocycles. The number of aryl methyl sites for hydroxylation is 2. The van der Waals surface area contributed by atoms with Gasteiger partial charge in [0.05, 0.1) is 10.9 Å². The molecule has 118 valence electrons. The molecule has 0 spiro atoms. The number of hydrogen-bond acceptors (Lipinski definition) is 4. The lowest BCUT2D eigenvalue weighted by molar-refractivity contribution is 0.0941. The van der Waals surface area contributed by atoms with E-state index in [9.17, 15) is 13.2 Å². The summed E-state index contributed by atoms with van der Waals surface area (Å²) in [7, 11) is -3.40. The van der Waals surface area contributed by atoms with Crippen LogP contribution in [0.2, 0.25) is 0 Å². The quantitative estimate of drug-likeness (QED) is 0.931. The second-order valence-electron chi connectivity index (χ2n) is 5.44. The van der Waals surface area contributed by atoms with E-state index in [4.69, 9.17) is 0 Å². The average Bonchev–Trinajstić information content (AvgIpc) is 2.90. The van der Waals surface area contributed by atoms with Gasteiger partial charge in [0.1, 0.15) is 4.88 Å². The van der Waals surface area contributed by atoms with Crippen molar-refractivity contribution in [1.82, 2.24) is 5.32 Å². The first-order valence-corrected chi connectivity index (χ1v) is 9.63. The van der Waals surface area contributed by atoms with E-state index in [2.05, 4.69) is 5.32 Å². The average molecular weight is 337 g/mol. The van der Waals surface area contributed by atoms with E-state index < -0.39 is 9.84 Å². The molecule has 0 bridgehead atoms. The van der Waals surface area contributed by atoms with Crippen molar-refractivity contribution in [2.45, 2.75) is 31.7 Å². The molecule has 0 aliphatic rings. The van der Waals surface area contributed by atoms with Crippen molar-refractivity contribution >= 4 is 27.1 Å². The van der Waals surface area contributed by atoms with Gasteiger partial charge in [-0.3, -0.25) is 4.79 Å². The van der Waals surface area contributed by atoms with Gasteiger partial charge >= 0.3 is 0 Å². The molecule has 0 fully saturated rings. The molecule has 1 unspecified atom stereocenters. The summed E-state index contributed by atoms with van der Waals surface area (Å²) in [5.74, 6) is -0.358. The molecule has 1 atom stereocenters. The topological polar surface area (TPSA) is 63.2 Å². The van der Waals surface area contributed by atoms with Gasteiger partial charge in [-0.05, 0) is 43.3 Å². The predicted molar refractivity (Wildman–Crippen MR) is 89.2 cm³/mol. The Hall–Kier alpha value is -1.66. The first-order valence-electron chi connectivity index (χ1n) is 6.85. The number of nitrogens with one attached hydrogen (secondary N) is 1. The molecular formula is C16H19NO3S2. The zero-order valence-corrected chi connectivity index (χ0v) is 14.6. The Morgan fingerprint density at radius 2 is 1.91 bits per heavy atom. The molecule has 2 aromatic rings. The fraction of sp³-hybridized carbons (Fsp3) is 0.312. The van der Waals surface area contributed by atoms with E-state index >= 15 is 0 Å². The van der Waals surface area contributed by atoms with Crippen LogP contribution in [0.3, 0.4) is 0 Å². The van der Waals surface area contributed by atoms with Crippen LogP contribution in [0.1, 0.15) is 39.3 Å². The summed E-state index contributed by atoms with van der Waals surface area (Å²) in [5, 5.41) is 4.51. The molecule has 1 amide bonds. The maximum absolute atomic E-state index is 12.4. The standard InChI is InChI=1S/C16H19NO3S2/c1-10-5-6-11(2)13(9-10)12(3)17-16(18)15-14(7-8-21-15)22(4,19)20/h5-9,12H,1-4H3,(H,17,18). The van der Waals surface area contributed by atoms with Crippen LogP contribution < -0.4 is 5.32 Å². The fourth-order valence-corrected chi connectivity index (χ4v) is 4.44. The summed E-state index contributed by atoms with van der Waals surface area (Å²) in [6.45, 7) is 5.89. The van der Waals surface area contributed by atoms with Gasteiger partial charge in [0.15, 0.2) is 9.84 Å². The number of amides is 1. The Balaban J connectivity index is 2.26. The monoisotopic (exact) mass is 337 g/mol. The van der Waals surface area contributed by atoms with Crippen LogP contribution in [0.4, 0.5) is 0 Å². The van der Waals surface area contributed by atoms with Gasteiger partial charge in [-0.2, -0.15) is 0 Å². The van der Waals surface area contributed by atoms with Crippen molar-refractivity contribution < 1.29 is 13.2 Å². The Bertz CT molecular complexity index is 807. The number of sulfone groups is 1. The second kappa shape index (κ2) is 6.22. The van der Waals surface area contributed by atoms with Crippen LogP contribution in [-0.2, 0) is 9.84 Å². The van der Waals surface area contributed by atoms with Gasteiger partial charge in [0.25, 0.3) is 5.91 Å². The van der Waals surface area contributed by atoms with Gasteiger partial charge in [-0.1, -0.05) is 23.8 Å². The molecule has 22 heavy (non-hydrogen) atoms. The molecule has 1 aromatic carbocycles. The van der Waals surface area contributed by atoms with Crippen molar-refractivity contribution in [1.29, 1.82) is 0 Å².